The Bertz CT molecular complexity index is 966. The predicted octanol–water partition coefficient (Wildman–Crippen LogP) is 4.11. The van der Waals surface area contributed by atoms with E-state index in [0.29, 0.717) is 12.3 Å². The summed E-state index contributed by atoms with van der Waals surface area (Å²) in [7, 11) is 1.78. The van der Waals surface area contributed by atoms with E-state index in [1.807, 2.05) is 35.9 Å². The molecule has 0 radical (unpaired) electrons. The summed E-state index contributed by atoms with van der Waals surface area (Å²) >= 11 is 0. The van der Waals surface area contributed by atoms with Gasteiger partial charge in [0, 0.05) is 25.8 Å². The average Bonchev–Trinajstić information content (AvgIpc) is 3.07. The first kappa shape index (κ1) is 23.7. The van der Waals surface area contributed by atoms with Crippen LogP contribution in [0, 0.1) is 13.8 Å². The maximum absolute atomic E-state index is 9.35. The van der Waals surface area contributed by atoms with Gasteiger partial charge in [0.1, 0.15) is 5.75 Å². The minimum atomic E-state index is 0. The molecular weight excluding hydrogens is 489 g/mol. The first-order valence-electron chi connectivity index (χ1n) is 9.91. The van der Waals surface area contributed by atoms with E-state index in [1.54, 1.807) is 19.2 Å². The van der Waals surface area contributed by atoms with Crippen molar-refractivity contribution in [3.8, 4) is 11.4 Å². The molecule has 0 spiro atoms. The summed E-state index contributed by atoms with van der Waals surface area (Å²) < 4.78 is 1.99. The maximum atomic E-state index is 9.35. The van der Waals surface area contributed by atoms with Crippen molar-refractivity contribution in [2.75, 3.05) is 13.6 Å². The average molecular weight is 519 g/mol. The third kappa shape index (κ3) is 6.48. The molecule has 0 aliphatic heterocycles. The number of para-hydroxylation sites is 1. The van der Waals surface area contributed by atoms with Crippen molar-refractivity contribution in [1.82, 2.24) is 20.4 Å². The van der Waals surface area contributed by atoms with Gasteiger partial charge in [-0.15, -0.1) is 24.0 Å². The summed E-state index contributed by atoms with van der Waals surface area (Å²) in [5.74, 6) is 1.08. The summed E-state index contributed by atoms with van der Waals surface area (Å²) in [5.41, 5.74) is 5.58. The van der Waals surface area contributed by atoms with Crippen molar-refractivity contribution in [2.45, 2.75) is 33.2 Å². The third-order valence-corrected chi connectivity index (χ3v) is 4.77. The molecular formula is C23H30IN5O. The minimum absolute atomic E-state index is 0. The summed E-state index contributed by atoms with van der Waals surface area (Å²) in [5, 5.41) is 20.7. The van der Waals surface area contributed by atoms with Crippen molar-refractivity contribution >= 4 is 29.9 Å². The van der Waals surface area contributed by atoms with Gasteiger partial charge >= 0.3 is 0 Å². The van der Waals surface area contributed by atoms with Crippen LogP contribution in [-0.4, -0.2) is 34.4 Å². The highest BCUT2D eigenvalue weighted by Gasteiger charge is 2.09. The summed E-state index contributed by atoms with van der Waals surface area (Å²) in [6.45, 7) is 5.55. The van der Waals surface area contributed by atoms with Crippen molar-refractivity contribution < 1.29 is 5.11 Å². The Morgan fingerprint density at radius 2 is 1.80 bits per heavy atom. The number of aliphatic imine (C=N–C) groups is 1. The zero-order valence-corrected chi connectivity index (χ0v) is 20.1. The Labute approximate surface area is 195 Å². The fourth-order valence-corrected chi connectivity index (χ4v) is 3.30. The van der Waals surface area contributed by atoms with Crippen LogP contribution >= 0.6 is 24.0 Å². The predicted molar refractivity (Wildman–Crippen MR) is 133 cm³/mol. The van der Waals surface area contributed by atoms with E-state index in [4.69, 9.17) is 0 Å². The van der Waals surface area contributed by atoms with Crippen LogP contribution in [0.15, 0.2) is 59.6 Å². The maximum Gasteiger partial charge on any atom is 0.191 e. The van der Waals surface area contributed by atoms with Gasteiger partial charge in [0.2, 0.25) is 0 Å². The Kier molecular flexibility index (Phi) is 9.16. The molecule has 0 fully saturated rings. The first-order valence-corrected chi connectivity index (χ1v) is 9.91. The van der Waals surface area contributed by atoms with Gasteiger partial charge in [-0.2, -0.15) is 5.10 Å². The van der Waals surface area contributed by atoms with Crippen LogP contribution in [0.25, 0.3) is 5.69 Å². The standard InChI is InChI=1S/C23H29N5O.HI/c1-17-15-18(2)28(27-17)22-9-5-4-8-20(22)16-26-23(24-3)25-14-6-7-19-10-12-21(29)13-11-19;/h4-5,8-13,15,29H,6-7,14,16H2,1-3H3,(H2,24,25,26);1H. The highest BCUT2D eigenvalue weighted by atomic mass is 127. The minimum Gasteiger partial charge on any atom is -0.508 e. The molecule has 0 aliphatic rings. The molecule has 1 heterocycles. The van der Waals surface area contributed by atoms with Crippen LogP contribution in [0.1, 0.15) is 28.9 Å². The van der Waals surface area contributed by atoms with Crippen LogP contribution in [0.4, 0.5) is 0 Å². The van der Waals surface area contributed by atoms with Crippen molar-refractivity contribution in [2.24, 2.45) is 4.99 Å². The zero-order valence-electron chi connectivity index (χ0n) is 17.7. The second-order valence-electron chi connectivity index (χ2n) is 7.09. The lowest BCUT2D eigenvalue weighted by Gasteiger charge is -2.15. The number of phenols is 1. The number of benzene rings is 2. The molecule has 7 heteroatoms. The molecule has 3 N–H and O–H groups in total. The third-order valence-electron chi connectivity index (χ3n) is 4.77. The quantitative estimate of drug-likeness (QED) is 0.190. The normalized spacial score (nSPS) is 11.1. The Morgan fingerprint density at radius 1 is 1.07 bits per heavy atom. The number of nitrogens with one attached hydrogen (secondary N) is 2. The van der Waals surface area contributed by atoms with Gasteiger partial charge in [-0.25, -0.2) is 4.68 Å². The summed E-state index contributed by atoms with van der Waals surface area (Å²) in [4.78, 5) is 4.32. The summed E-state index contributed by atoms with van der Waals surface area (Å²) in [6, 6.07) is 17.7. The first-order chi connectivity index (χ1) is 14.1. The topological polar surface area (TPSA) is 74.5 Å². The van der Waals surface area contributed by atoms with Crippen LogP contribution in [-0.2, 0) is 13.0 Å². The largest absolute Gasteiger partial charge is 0.508 e. The number of halogens is 1. The number of guanidine groups is 1. The fraction of sp³-hybridized carbons (Fsp3) is 0.304. The second kappa shape index (κ2) is 11.6. The molecule has 30 heavy (non-hydrogen) atoms. The van der Waals surface area contributed by atoms with Crippen LogP contribution in [0.2, 0.25) is 0 Å². The molecule has 0 bridgehead atoms. The van der Waals surface area contributed by atoms with Crippen molar-refractivity contribution in [1.29, 1.82) is 0 Å². The molecule has 0 aliphatic carbocycles. The molecule has 1 aromatic heterocycles. The number of hydrogen-bond acceptors (Lipinski definition) is 3. The van der Waals surface area contributed by atoms with Gasteiger partial charge in [0.05, 0.1) is 11.4 Å². The molecule has 0 atom stereocenters. The molecule has 3 aromatic rings. The number of phenolic OH excluding ortho intramolecular Hbond substituents is 1. The molecule has 3 rings (SSSR count). The van der Waals surface area contributed by atoms with E-state index in [9.17, 15) is 5.11 Å². The number of rotatable bonds is 7. The van der Waals surface area contributed by atoms with Gasteiger partial charge in [0.25, 0.3) is 0 Å². The Balaban J connectivity index is 0.00000320. The lowest BCUT2D eigenvalue weighted by molar-refractivity contribution is 0.475. The molecule has 0 unspecified atom stereocenters. The van der Waals surface area contributed by atoms with Crippen LogP contribution < -0.4 is 10.6 Å². The lowest BCUT2D eigenvalue weighted by Crippen LogP contribution is -2.37. The van der Waals surface area contributed by atoms with E-state index in [1.165, 1.54) is 5.56 Å². The smallest absolute Gasteiger partial charge is 0.191 e. The molecule has 6 nitrogen and oxygen atoms in total. The van der Waals surface area contributed by atoms with E-state index in [0.717, 1.165) is 48.0 Å². The monoisotopic (exact) mass is 519 g/mol. The number of hydrogen-bond donors (Lipinski definition) is 3. The molecule has 0 saturated heterocycles. The van der Waals surface area contributed by atoms with Gasteiger partial charge < -0.3 is 15.7 Å². The highest BCUT2D eigenvalue weighted by molar-refractivity contribution is 14.0. The number of aryl methyl sites for hydroxylation is 3. The summed E-state index contributed by atoms with van der Waals surface area (Å²) in [6.07, 6.45) is 1.93. The van der Waals surface area contributed by atoms with Gasteiger partial charge in [-0.05, 0) is 62.1 Å². The number of aromatic hydroxyl groups is 1. The molecule has 160 valence electrons. The highest BCUT2D eigenvalue weighted by Crippen LogP contribution is 2.17. The number of nitrogens with zero attached hydrogens (tertiary/aromatic N) is 3. The van der Waals surface area contributed by atoms with Crippen LogP contribution in [0.3, 0.4) is 0 Å². The Hall–Kier alpha value is -2.55. The molecule has 0 amide bonds. The van der Waals surface area contributed by atoms with E-state index in [-0.39, 0.29) is 24.0 Å². The number of aromatic nitrogens is 2. The van der Waals surface area contributed by atoms with Gasteiger partial charge in [0.15, 0.2) is 5.96 Å². The van der Waals surface area contributed by atoms with E-state index < -0.39 is 0 Å². The zero-order chi connectivity index (χ0) is 20.6. The van der Waals surface area contributed by atoms with Crippen LogP contribution in [0.5, 0.6) is 5.75 Å². The van der Waals surface area contributed by atoms with Crippen molar-refractivity contribution in [3.05, 3.63) is 77.1 Å². The van der Waals surface area contributed by atoms with Gasteiger partial charge in [-0.3, -0.25) is 4.99 Å². The van der Waals surface area contributed by atoms with E-state index >= 15 is 0 Å². The second-order valence-corrected chi connectivity index (χ2v) is 7.09. The lowest BCUT2D eigenvalue weighted by atomic mass is 10.1. The molecule has 0 saturated carbocycles. The fourth-order valence-electron chi connectivity index (χ4n) is 3.30. The Morgan fingerprint density at radius 3 is 2.47 bits per heavy atom. The van der Waals surface area contributed by atoms with Gasteiger partial charge in [-0.1, -0.05) is 30.3 Å². The SMILES string of the molecule is CN=C(NCCCc1ccc(O)cc1)NCc1ccccc1-n1nc(C)cc1C.I. The van der Waals surface area contributed by atoms with E-state index in [2.05, 4.69) is 45.8 Å². The van der Waals surface area contributed by atoms with Crippen molar-refractivity contribution in [3.63, 3.8) is 0 Å². The molecule has 2 aromatic carbocycles.